The van der Waals surface area contributed by atoms with Crippen molar-refractivity contribution in [3.05, 3.63) is 23.3 Å². The van der Waals surface area contributed by atoms with Gasteiger partial charge in [0, 0.05) is 29.6 Å². The van der Waals surface area contributed by atoms with Gasteiger partial charge >= 0.3 is 0 Å². The predicted octanol–water partition coefficient (Wildman–Crippen LogP) is 4.43. The van der Waals surface area contributed by atoms with Gasteiger partial charge in [-0.15, -0.1) is 0 Å². The summed E-state index contributed by atoms with van der Waals surface area (Å²) in [6, 6.07) is 0. The standard InChI is InChI=1S/C22H30O3/c1-14-6-8-20(2)15(12-14)4-5-16-17-7-9-22(24-10-11-25-22)21(17,3)13-18(23)19(16)20/h4,12,16-17,19H,5-11,13H2,1-3H3/t16?,17?,19?,20-,21-/m0/s1. The molecule has 0 amide bonds. The lowest BCUT2D eigenvalue weighted by atomic mass is 9.47. The summed E-state index contributed by atoms with van der Waals surface area (Å²) in [6.45, 7) is 8.21. The smallest absolute Gasteiger partial charge is 0.174 e. The van der Waals surface area contributed by atoms with Crippen LogP contribution in [0.3, 0.4) is 0 Å². The van der Waals surface area contributed by atoms with Crippen LogP contribution >= 0.6 is 0 Å². The average molecular weight is 342 g/mol. The minimum absolute atomic E-state index is 0.0357. The minimum atomic E-state index is -0.494. The Balaban J connectivity index is 1.57. The molecular weight excluding hydrogens is 312 g/mol. The molecule has 136 valence electrons. The first-order valence-electron chi connectivity index (χ1n) is 10.1. The molecule has 3 nitrogen and oxygen atoms in total. The Morgan fingerprint density at radius 2 is 1.92 bits per heavy atom. The van der Waals surface area contributed by atoms with Gasteiger partial charge in [0.05, 0.1) is 13.2 Å². The lowest BCUT2D eigenvalue weighted by Crippen LogP contribution is -2.58. The van der Waals surface area contributed by atoms with E-state index in [4.69, 9.17) is 9.47 Å². The second-order valence-corrected chi connectivity index (χ2v) is 9.60. The molecule has 5 rings (SSSR count). The fourth-order valence-corrected chi connectivity index (χ4v) is 7.18. The molecule has 5 aliphatic rings. The summed E-state index contributed by atoms with van der Waals surface area (Å²) in [4.78, 5) is 13.5. The summed E-state index contributed by atoms with van der Waals surface area (Å²) in [7, 11) is 0. The quantitative estimate of drug-likeness (QED) is 0.653. The van der Waals surface area contributed by atoms with E-state index in [1.165, 1.54) is 11.1 Å². The van der Waals surface area contributed by atoms with E-state index in [-0.39, 0.29) is 16.7 Å². The number of carbonyl (C=O) groups is 1. The van der Waals surface area contributed by atoms with Gasteiger partial charge in [-0.3, -0.25) is 4.79 Å². The molecule has 1 saturated heterocycles. The second-order valence-electron chi connectivity index (χ2n) is 9.60. The Morgan fingerprint density at radius 3 is 2.68 bits per heavy atom. The van der Waals surface area contributed by atoms with Crippen LogP contribution < -0.4 is 0 Å². The Kier molecular flexibility index (Phi) is 3.30. The predicted molar refractivity (Wildman–Crippen MR) is 95.9 cm³/mol. The highest BCUT2D eigenvalue weighted by Gasteiger charge is 2.68. The number of fused-ring (bicyclic) bond motifs is 6. The summed E-state index contributed by atoms with van der Waals surface area (Å²) in [5, 5.41) is 0. The van der Waals surface area contributed by atoms with E-state index in [1.807, 2.05) is 0 Å². The van der Waals surface area contributed by atoms with E-state index >= 15 is 0 Å². The fourth-order valence-electron chi connectivity index (χ4n) is 7.18. The fraction of sp³-hybridized carbons (Fsp3) is 0.773. The molecule has 25 heavy (non-hydrogen) atoms. The normalized spacial score (nSPS) is 47.8. The SMILES string of the molecule is CC1=CC2=CCC3C(C(=O)C[C@@]4(C)C3CCC43OCCO3)[C@@]2(C)CC1. The van der Waals surface area contributed by atoms with Gasteiger partial charge in [0.25, 0.3) is 0 Å². The highest BCUT2D eigenvalue weighted by Crippen LogP contribution is 2.67. The molecule has 3 heteroatoms. The summed E-state index contributed by atoms with van der Waals surface area (Å²) in [5.41, 5.74) is 2.77. The number of ketones is 1. The van der Waals surface area contributed by atoms with Gasteiger partial charge in [-0.1, -0.05) is 31.6 Å². The van der Waals surface area contributed by atoms with Crippen molar-refractivity contribution in [2.45, 2.75) is 65.1 Å². The maximum atomic E-state index is 13.5. The molecule has 0 N–H and O–H groups in total. The zero-order chi connectivity index (χ0) is 17.4. The van der Waals surface area contributed by atoms with Gasteiger partial charge < -0.3 is 9.47 Å². The Bertz CT molecular complexity index is 683. The maximum absolute atomic E-state index is 13.5. The third kappa shape index (κ3) is 1.92. The number of hydrogen-bond donors (Lipinski definition) is 0. The highest BCUT2D eigenvalue weighted by atomic mass is 16.7. The first-order chi connectivity index (χ1) is 11.9. The van der Waals surface area contributed by atoms with Gasteiger partial charge in [-0.25, -0.2) is 0 Å². The molecule has 4 aliphatic carbocycles. The minimum Gasteiger partial charge on any atom is -0.347 e. The highest BCUT2D eigenvalue weighted by molar-refractivity contribution is 5.85. The average Bonchev–Trinajstić information content (AvgIpc) is 3.15. The number of rotatable bonds is 0. The molecule has 3 unspecified atom stereocenters. The first-order valence-corrected chi connectivity index (χ1v) is 10.1. The Labute approximate surface area is 150 Å². The molecule has 0 aromatic carbocycles. The summed E-state index contributed by atoms with van der Waals surface area (Å²) in [6.07, 6.45) is 10.8. The molecule has 5 atom stereocenters. The van der Waals surface area contributed by atoms with Crippen molar-refractivity contribution in [1.82, 2.24) is 0 Å². The van der Waals surface area contributed by atoms with E-state index in [2.05, 4.69) is 32.9 Å². The van der Waals surface area contributed by atoms with E-state index in [9.17, 15) is 4.79 Å². The van der Waals surface area contributed by atoms with Crippen LogP contribution in [0.5, 0.6) is 0 Å². The van der Waals surface area contributed by atoms with Crippen LogP contribution in [0.2, 0.25) is 0 Å². The van der Waals surface area contributed by atoms with Gasteiger partial charge in [-0.2, -0.15) is 0 Å². The molecule has 1 aliphatic heterocycles. The van der Waals surface area contributed by atoms with Gasteiger partial charge in [0.1, 0.15) is 5.78 Å². The largest absolute Gasteiger partial charge is 0.347 e. The number of ether oxygens (including phenoxy) is 2. The molecule has 0 radical (unpaired) electrons. The third-order valence-corrected chi connectivity index (χ3v) is 8.46. The van der Waals surface area contributed by atoms with Crippen molar-refractivity contribution in [3.63, 3.8) is 0 Å². The maximum Gasteiger partial charge on any atom is 0.174 e. The molecule has 3 fully saturated rings. The van der Waals surface area contributed by atoms with Crippen LogP contribution in [0, 0.1) is 28.6 Å². The van der Waals surface area contributed by atoms with Crippen molar-refractivity contribution in [3.8, 4) is 0 Å². The summed E-state index contributed by atoms with van der Waals surface area (Å²) < 4.78 is 12.3. The monoisotopic (exact) mass is 342 g/mol. The lowest BCUT2D eigenvalue weighted by molar-refractivity contribution is -0.238. The van der Waals surface area contributed by atoms with Crippen molar-refractivity contribution < 1.29 is 14.3 Å². The van der Waals surface area contributed by atoms with Crippen molar-refractivity contribution >= 4 is 5.78 Å². The van der Waals surface area contributed by atoms with E-state index < -0.39 is 5.79 Å². The van der Waals surface area contributed by atoms with Crippen LogP contribution in [0.15, 0.2) is 23.3 Å². The summed E-state index contributed by atoms with van der Waals surface area (Å²) in [5.74, 6) is 1.15. The van der Waals surface area contributed by atoms with Gasteiger partial charge in [-0.05, 0) is 50.0 Å². The summed E-state index contributed by atoms with van der Waals surface area (Å²) >= 11 is 0. The van der Waals surface area contributed by atoms with E-state index in [0.717, 1.165) is 32.1 Å². The number of hydrogen-bond acceptors (Lipinski definition) is 3. The Morgan fingerprint density at radius 1 is 1.16 bits per heavy atom. The molecule has 0 aromatic rings. The number of Topliss-reactive ketones (excluding diaryl/α,β-unsaturated/α-hetero) is 1. The van der Waals surface area contributed by atoms with E-state index in [0.29, 0.717) is 37.3 Å². The second kappa shape index (κ2) is 5.07. The van der Waals surface area contributed by atoms with Crippen molar-refractivity contribution in [2.75, 3.05) is 13.2 Å². The zero-order valence-electron chi connectivity index (χ0n) is 15.8. The third-order valence-electron chi connectivity index (χ3n) is 8.46. The van der Waals surface area contributed by atoms with Crippen LogP contribution in [-0.2, 0) is 14.3 Å². The zero-order valence-corrected chi connectivity index (χ0v) is 15.8. The van der Waals surface area contributed by atoms with Crippen LogP contribution in [0.1, 0.15) is 59.3 Å². The van der Waals surface area contributed by atoms with E-state index in [1.54, 1.807) is 0 Å². The molecular formula is C22H30O3. The number of allylic oxidation sites excluding steroid dienone is 4. The Hall–Kier alpha value is -0.930. The van der Waals surface area contributed by atoms with Crippen molar-refractivity contribution in [2.24, 2.45) is 28.6 Å². The molecule has 0 bridgehead atoms. The molecule has 1 heterocycles. The van der Waals surface area contributed by atoms with Crippen LogP contribution in [0.25, 0.3) is 0 Å². The topological polar surface area (TPSA) is 35.5 Å². The first kappa shape index (κ1) is 16.3. The lowest BCUT2D eigenvalue weighted by Gasteiger charge is -2.56. The van der Waals surface area contributed by atoms with Crippen molar-refractivity contribution in [1.29, 1.82) is 0 Å². The number of carbonyl (C=O) groups excluding carboxylic acids is 1. The molecule has 2 saturated carbocycles. The van der Waals surface area contributed by atoms with Gasteiger partial charge in [0.2, 0.25) is 0 Å². The van der Waals surface area contributed by atoms with Gasteiger partial charge in [0.15, 0.2) is 5.79 Å². The molecule has 1 spiro atoms. The molecule has 0 aromatic heterocycles. The van der Waals surface area contributed by atoms with Crippen LogP contribution in [0.4, 0.5) is 0 Å². The van der Waals surface area contributed by atoms with Crippen LogP contribution in [-0.4, -0.2) is 24.8 Å².